The first-order valence-corrected chi connectivity index (χ1v) is 11.6. The topological polar surface area (TPSA) is 67.7 Å². The SMILES string of the molecule is CCN1C[C@H](CN(C)C(=O)c2sc3nc4n(c(=O)c3c2C)CCC4)Oc2ccccc21. The number of rotatable bonds is 4. The average molecular weight is 439 g/mol. The van der Waals surface area contributed by atoms with Gasteiger partial charge in [-0.15, -0.1) is 11.3 Å². The summed E-state index contributed by atoms with van der Waals surface area (Å²) in [6, 6.07) is 8.01. The van der Waals surface area contributed by atoms with Crippen LogP contribution >= 0.6 is 11.3 Å². The summed E-state index contributed by atoms with van der Waals surface area (Å²) in [4.78, 5) is 36.2. The van der Waals surface area contributed by atoms with Crippen LogP contribution in [0.1, 0.15) is 34.4 Å². The zero-order chi connectivity index (χ0) is 21.7. The van der Waals surface area contributed by atoms with Crippen molar-refractivity contribution in [2.24, 2.45) is 0 Å². The largest absolute Gasteiger partial charge is 0.485 e. The molecule has 1 atom stereocenters. The van der Waals surface area contributed by atoms with E-state index in [0.29, 0.717) is 28.2 Å². The van der Waals surface area contributed by atoms with E-state index >= 15 is 0 Å². The molecule has 0 aliphatic carbocycles. The Hall–Kier alpha value is -2.87. The van der Waals surface area contributed by atoms with E-state index in [1.165, 1.54) is 11.3 Å². The first-order chi connectivity index (χ1) is 15.0. The number of para-hydroxylation sites is 2. The summed E-state index contributed by atoms with van der Waals surface area (Å²) in [6.45, 7) is 6.77. The van der Waals surface area contributed by atoms with Crippen LogP contribution in [0.2, 0.25) is 0 Å². The Bertz CT molecular complexity index is 1230. The van der Waals surface area contributed by atoms with Gasteiger partial charge in [0.25, 0.3) is 11.5 Å². The number of benzene rings is 1. The van der Waals surface area contributed by atoms with Gasteiger partial charge >= 0.3 is 0 Å². The van der Waals surface area contributed by atoms with E-state index in [2.05, 4.69) is 22.9 Å². The van der Waals surface area contributed by atoms with Crippen LogP contribution in [0.15, 0.2) is 29.1 Å². The van der Waals surface area contributed by atoms with Crippen LogP contribution in [0.25, 0.3) is 10.2 Å². The number of ether oxygens (including phenoxy) is 1. The van der Waals surface area contributed by atoms with Crippen LogP contribution in [0.4, 0.5) is 5.69 Å². The number of amides is 1. The number of aromatic nitrogens is 2. The van der Waals surface area contributed by atoms with Gasteiger partial charge in [-0.3, -0.25) is 14.2 Å². The van der Waals surface area contributed by atoms with Crippen molar-refractivity contribution in [1.82, 2.24) is 14.5 Å². The number of fused-ring (bicyclic) bond motifs is 3. The minimum atomic E-state index is -0.119. The Balaban J connectivity index is 1.40. The predicted octanol–water partition coefficient (Wildman–Crippen LogP) is 3.07. The van der Waals surface area contributed by atoms with E-state index in [4.69, 9.17) is 4.74 Å². The lowest BCUT2D eigenvalue weighted by atomic mass is 10.1. The minimum absolute atomic E-state index is 0.0150. The first-order valence-electron chi connectivity index (χ1n) is 10.8. The molecule has 0 unspecified atom stereocenters. The second-order valence-electron chi connectivity index (χ2n) is 8.26. The molecule has 0 N–H and O–H groups in total. The fourth-order valence-electron chi connectivity index (χ4n) is 4.61. The molecule has 0 bridgehead atoms. The zero-order valence-corrected chi connectivity index (χ0v) is 18.9. The third-order valence-electron chi connectivity index (χ3n) is 6.24. The monoisotopic (exact) mass is 438 g/mol. The molecule has 1 amide bonds. The van der Waals surface area contributed by atoms with Crippen molar-refractivity contribution in [3.05, 3.63) is 50.9 Å². The summed E-state index contributed by atoms with van der Waals surface area (Å²) >= 11 is 1.33. The van der Waals surface area contributed by atoms with Gasteiger partial charge in [-0.1, -0.05) is 12.1 Å². The van der Waals surface area contributed by atoms with Crippen molar-refractivity contribution in [2.45, 2.75) is 39.3 Å². The Morgan fingerprint density at radius 2 is 2.16 bits per heavy atom. The standard InChI is InChI=1S/C23H26N4O3S/c1-4-26-13-15(30-17-9-6-5-8-16(17)26)12-25(3)23(29)20-14(2)19-21(31-20)24-18-10-7-11-27(18)22(19)28/h5-6,8-9,15H,4,7,10-13H2,1-3H3/t15-/m0/s1. The molecular weight excluding hydrogens is 412 g/mol. The molecule has 8 heteroatoms. The molecule has 3 aromatic rings. The van der Waals surface area contributed by atoms with Gasteiger partial charge in [-0.2, -0.15) is 0 Å². The summed E-state index contributed by atoms with van der Waals surface area (Å²) in [7, 11) is 1.80. The van der Waals surface area contributed by atoms with E-state index in [-0.39, 0.29) is 17.6 Å². The van der Waals surface area contributed by atoms with Gasteiger partial charge in [0, 0.05) is 26.6 Å². The molecule has 4 heterocycles. The molecule has 2 aliphatic rings. The highest BCUT2D eigenvalue weighted by Crippen LogP contribution is 2.33. The van der Waals surface area contributed by atoms with Gasteiger partial charge in [-0.05, 0) is 38.0 Å². The summed E-state index contributed by atoms with van der Waals surface area (Å²) in [6.07, 6.45) is 1.65. The second-order valence-corrected chi connectivity index (χ2v) is 9.26. The molecule has 0 radical (unpaired) electrons. The van der Waals surface area contributed by atoms with Crippen molar-refractivity contribution < 1.29 is 9.53 Å². The lowest BCUT2D eigenvalue weighted by molar-refractivity contribution is 0.0713. The Morgan fingerprint density at radius 1 is 1.35 bits per heavy atom. The lowest BCUT2D eigenvalue weighted by Gasteiger charge is -2.37. The summed E-state index contributed by atoms with van der Waals surface area (Å²) < 4.78 is 7.94. The highest BCUT2D eigenvalue weighted by molar-refractivity contribution is 7.20. The number of hydrogen-bond acceptors (Lipinski definition) is 6. The van der Waals surface area contributed by atoms with Gasteiger partial charge in [-0.25, -0.2) is 4.98 Å². The maximum atomic E-state index is 13.3. The van der Waals surface area contributed by atoms with E-state index in [0.717, 1.165) is 48.8 Å². The molecule has 7 nitrogen and oxygen atoms in total. The Morgan fingerprint density at radius 3 is 2.97 bits per heavy atom. The fourth-order valence-corrected chi connectivity index (χ4v) is 5.80. The van der Waals surface area contributed by atoms with Crippen LogP contribution in [0.3, 0.4) is 0 Å². The molecule has 1 aromatic carbocycles. The lowest BCUT2D eigenvalue weighted by Crippen LogP contribution is -2.46. The van der Waals surface area contributed by atoms with Crippen LogP contribution in [0, 0.1) is 6.92 Å². The van der Waals surface area contributed by atoms with Crippen molar-refractivity contribution in [3.8, 4) is 5.75 Å². The number of likely N-dealkylation sites (N-methyl/N-ethyl adjacent to an activating group) is 2. The number of hydrogen-bond donors (Lipinski definition) is 0. The number of anilines is 1. The maximum absolute atomic E-state index is 13.3. The smallest absolute Gasteiger partial charge is 0.264 e. The Kier molecular flexibility index (Phi) is 4.97. The molecule has 2 aliphatic heterocycles. The molecule has 0 fully saturated rings. The van der Waals surface area contributed by atoms with Crippen molar-refractivity contribution in [2.75, 3.05) is 31.6 Å². The Labute approximate surface area is 184 Å². The highest BCUT2D eigenvalue weighted by atomic mass is 32.1. The van der Waals surface area contributed by atoms with Crippen LogP contribution < -0.4 is 15.2 Å². The third kappa shape index (κ3) is 3.29. The van der Waals surface area contributed by atoms with E-state index in [1.807, 2.05) is 25.1 Å². The van der Waals surface area contributed by atoms with Crippen molar-refractivity contribution >= 4 is 33.1 Å². The minimum Gasteiger partial charge on any atom is -0.485 e. The van der Waals surface area contributed by atoms with E-state index < -0.39 is 0 Å². The van der Waals surface area contributed by atoms with Crippen LogP contribution in [-0.2, 0) is 13.0 Å². The third-order valence-corrected chi connectivity index (χ3v) is 7.41. The van der Waals surface area contributed by atoms with Gasteiger partial charge in [0.05, 0.1) is 29.0 Å². The molecule has 5 rings (SSSR count). The van der Waals surface area contributed by atoms with Gasteiger partial charge in [0.2, 0.25) is 0 Å². The normalized spacial score (nSPS) is 17.4. The zero-order valence-electron chi connectivity index (χ0n) is 18.1. The molecule has 0 saturated carbocycles. The number of aryl methyl sites for hydroxylation is 2. The number of nitrogens with zero attached hydrogens (tertiary/aromatic N) is 4. The van der Waals surface area contributed by atoms with E-state index in [1.54, 1.807) is 16.5 Å². The fraction of sp³-hybridized carbons (Fsp3) is 0.435. The molecule has 162 valence electrons. The number of thiophene rings is 1. The van der Waals surface area contributed by atoms with Crippen LogP contribution in [-0.4, -0.2) is 53.1 Å². The highest BCUT2D eigenvalue weighted by Gasteiger charge is 2.29. The maximum Gasteiger partial charge on any atom is 0.264 e. The van der Waals surface area contributed by atoms with Gasteiger partial charge in [0.15, 0.2) is 0 Å². The molecule has 0 spiro atoms. The van der Waals surface area contributed by atoms with E-state index in [9.17, 15) is 9.59 Å². The molecular formula is C23H26N4O3S. The molecule has 0 saturated heterocycles. The first kappa shape index (κ1) is 20.1. The predicted molar refractivity (Wildman–Crippen MR) is 123 cm³/mol. The number of carbonyl (C=O) groups is 1. The summed E-state index contributed by atoms with van der Waals surface area (Å²) in [5.74, 6) is 1.60. The van der Waals surface area contributed by atoms with Crippen molar-refractivity contribution in [1.29, 1.82) is 0 Å². The van der Waals surface area contributed by atoms with Crippen LogP contribution in [0.5, 0.6) is 5.75 Å². The van der Waals surface area contributed by atoms with Gasteiger partial charge < -0.3 is 14.5 Å². The van der Waals surface area contributed by atoms with Crippen molar-refractivity contribution in [3.63, 3.8) is 0 Å². The van der Waals surface area contributed by atoms with Gasteiger partial charge in [0.1, 0.15) is 22.5 Å². The quantitative estimate of drug-likeness (QED) is 0.626. The summed E-state index contributed by atoms with van der Waals surface area (Å²) in [5, 5.41) is 0.590. The average Bonchev–Trinajstić information content (AvgIpc) is 3.37. The number of carbonyl (C=O) groups excluding carboxylic acids is 1. The molecule has 2 aromatic heterocycles. The second kappa shape index (κ2) is 7.67. The summed E-state index contributed by atoms with van der Waals surface area (Å²) in [5.41, 5.74) is 1.82. The molecule has 31 heavy (non-hydrogen) atoms.